The van der Waals surface area contributed by atoms with Crippen molar-refractivity contribution in [3.8, 4) is 0 Å². The van der Waals surface area contributed by atoms with Crippen LogP contribution >= 0.6 is 0 Å². The van der Waals surface area contributed by atoms with Crippen LogP contribution in [0.1, 0.15) is 13.8 Å². The summed E-state index contributed by atoms with van der Waals surface area (Å²) in [7, 11) is 1.77. The Morgan fingerprint density at radius 2 is 2.25 bits per heavy atom. The average molecular weight is 277 g/mol. The summed E-state index contributed by atoms with van der Waals surface area (Å²) in [6.45, 7) is 4.93. The number of anilines is 2. The number of carbonyl (C=O) groups is 1. The van der Waals surface area contributed by atoms with Gasteiger partial charge in [-0.25, -0.2) is 4.98 Å². The van der Waals surface area contributed by atoms with E-state index < -0.39 is 0 Å². The Kier molecular flexibility index (Phi) is 4.02. The number of nitrogen functional groups attached to an aromatic ring is 1. The number of aromatic amines is 1. The lowest BCUT2D eigenvalue weighted by molar-refractivity contribution is -0.119. The van der Waals surface area contributed by atoms with Gasteiger partial charge in [-0.3, -0.25) is 4.79 Å². The number of carbonyl (C=O) groups excluding carboxylic acids is 1. The van der Waals surface area contributed by atoms with Crippen molar-refractivity contribution in [1.82, 2.24) is 25.3 Å². The third-order valence-electron chi connectivity index (χ3n) is 2.73. The van der Waals surface area contributed by atoms with E-state index in [0.717, 1.165) is 0 Å². The van der Waals surface area contributed by atoms with E-state index >= 15 is 0 Å². The highest BCUT2D eigenvalue weighted by molar-refractivity contribution is 5.87. The first kappa shape index (κ1) is 14.0. The first-order valence-corrected chi connectivity index (χ1v) is 6.41. The maximum absolute atomic E-state index is 11.8. The van der Waals surface area contributed by atoms with E-state index in [0.29, 0.717) is 29.4 Å². The van der Waals surface area contributed by atoms with Gasteiger partial charge in [0.2, 0.25) is 11.9 Å². The lowest BCUT2D eigenvalue weighted by Gasteiger charge is -2.18. The molecule has 0 aromatic carbocycles. The van der Waals surface area contributed by atoms with E-state index in [2.05, 4.69) is 25.3 Å². The number of H-pyrrole nitrogens is 1. The zero-order valence-electron chi connectivity index (χ0n) is 11.8. The number of hydrogen-bond donors (Lipinski definition) is 3. The molecule has 0 aliphatic carbocycles. The summed E-state index contributed by atoms with van der Waals surface area (Å²) in [5, 5.41) is 2.86. The van der Waals surface area contributed by atoms with E-state index in [4.69, 9.17) is 5.73 Å². The minimum Gasteiger partial charge on any atom is -0.368 e. The molecule has 2 rings (SSSR count). The molecular formula is C12H19N7O. The van der Waals surface area contributed by atoms with E-state index in [1.165, 1.54) is 6.33 Å². The number of amides is 1. The maximum atomic E-state index is 11.8. The molecule has 0 unspecified atom stereocenters. The zero-order valence-corrected chi connectivity index (χ0v) is 11.8. The molecule has 8 heteroatoms. The fourth-order valence-corrected chi connectivity index (χ4v) is 1.77. The van der Waals surface area contributed by atoms with Crippen molar-refractivity contribution >= 4 is 28.8 Å². The maximum Gasteiger partial charge on any atom is 0.239 e. The number of aromatic nitrogens is 4. The second-order valence-electron chi connectivity index (χ2n) is 5.06. The molecule has 0 saturated heterocycles. The monoisotopic (exact) mass is 277 g/mol. The van der Waals surface area contributed by atoms with Gasteiger partial charge in [0, 0.05) is 13.6 Å². The SMILES string of the molecule is CC(C)CNC(=O)CN(C)c1nc(N)nc2nc[nH]c12. The molecule has 8 nitrogen and oxygen atoms in total. The summed E-state index contributed by atoms with van der Waals surface area (Å²) in [6, 6.07) is 0. The summed E-state index contributed by atoms with van der Waals surface area (Å²) < 4.78 is 0. The van der Waals surface area contributed by atoms with Crippen LogP contribution in [-0.2, 0) is 4.79 Å². The molecule has 2 aromatic rings. The number of nitrogens with one attached hydrogen (secondary N) is 2. The molecule has 0 aliphatic rings. The van der Waals surface area contributed by atoms with Crippen LogP contribution in [0, 0.1) is 5.92 Å². The Balaban J connectivity index is 2.13. The molecule has 0 fully saturated rings. The van der Waals surface area contributed by atoms with Gasteiger partial charge < -0.3 is 20.9 Å². The number of imidazole rings is 1. The fraction of sp³-hybridized carbons (Fsp3) is 0.500. The van der Waals surface area contributed by atoms with E-state index in [9.17, 15) is 4.79 Å². The van der Waals surface area contributed by atoms with Gasteiger partial charge in [0.05, 0.1) is 12.9 Å². The van der Waals surface area contributed by atoms with Crippen LogP contribution in [-0.4, -0.2) is 46.0 Å². The van der Waals surface area contributed by atoms with Crippen LogP contribution in [0.25, 0.3) is 11.2 Å². The van der Waals surface area contributed by atoms with Gasteiger partial charge >= 0.3 is 0 Å². The van der Waals surface area contributed by atoms with Crippen LogP contribution in [0.15, 0.2) is 6.33 Å². The van der Waals surface area contributed by atoms with Gasteiger partial charge in [-0.2, -0.15) is 9.97 Å². The van der Waals surface area contributed by atoms with Crippen molar-refractivity contribution in [3.63, 3.8) is 0 Å². The van der Waals surface area contributed by atoms with Crippen LogP contribution < -0.4 is 16.0 Å². The topological polar surface area (TPSA) is 113 Å². The number of hydrogen-bond acceptors (Lipinski definition) is 6. The number of nitrogens with zero attached hydrogens (tertiary/aromatic N) is 4. The second kappa shape index (κ2) is 5.72. The number of fused-ring (bicyclic) bond motifs is 1. The highest BCUT2D eigenvalue weighted by Gasteiger charge is 2.15. The third-order valence-corrected chi connectivity index (χ3v) is 2.73. The Morgan fingerprint density at radius 3 is 2.95 bits per heavy atom. The minimum atomic E-state index is -0.0638. The van der Waals surface area contributed by atoms with Gasteiger partial charge in [0.1, 0.15) is 5.52 Å². The van der Waals surface area contributed by atoms with Gasteiger partial charge in [0.25, 0.3) is 0 Å². The third kappa shape index (κ3) is 3.14. The molecule has 0 radical (unpaired) electrons. The Labute approximate surface area is 116 Å². The predicted molar refractivity (Wildman–Crippen MR) is 77.2 cm³/mol. The van der Waals surface area contributed by atoms with Crippen molar-refractivity contribution in [3.05, 3.63) is 6.33 Å². The fourth-order valence-electron chi connectivity index (χ4n) is 1.77. The molecule has 4 N–H and O–H groups in total. The first-order chi connectivity index (χ1) is 9.47. The Morgan fingerprint density at radius 1 is 1.50 bits per heavy atom. The van der Waals surface area contributed by atoms with Crippen molar-refractivity contribution in [1.29, 1.82) is 0 Å². The largest absolute Gasteiger partial charge is 0.368 e. The normalized spacial score (nSPS) is 11.0. The van der Waals surface area contributed by atoms with Crippen LogP contribution in [0.5, 0.6) is 0 Å². The van der Waals surface area contributed by atoms with Crippen molar-refractivity contribution in [2.45, 2.75) is 13.8 Å². The molecule has 0 spiro atoms. The Hall–Kier alpha value is -2.38. The Bertz CT molecular complexity index is 607. The summed E-state index contributed by atoms with van der Waals surface area (Å²) in [6.07, 6.45) is 1.52. The minimum absolute atomic E-state index is 0.0638. The van der Waals surface area contributed by atoms with Gasteiger partial charge in [-0.05, 0) is 5.92 Å². The zero-order chi connectivity index (χ0) is 14.7. The first-order valence-electron chi connectivity index (χ1n) is 6.41. The van der Waals surface area contributed by atoms with E-state index in [1.807, 2.05) is 13.8 Å². The van der Waals surface area contributed by atoms with Crippen molar-refractivity contribution in [2.75, 3.05) is 30.8 Å². The van der Waals surface area contributed by atoms with Gasteiger partial charge in [-0.1, -0.05) is 13.8 Å². The van der Waals surface area contributed by atoms with Crippen molar-refractivity contribution in [2.24, 2.45) is 5.92 Å². The summed E-state index contributed by atoms with van der Waals surface area (Å²) in [5.41, 5.74) is 6.80. The van der Waals surface area contributed by atoms with Gasteiger partial charge in [0.15, 0.2) is 11.5 Å². The molecule has 0 aliphatic heterocycles. The lowest BCUT2D eigenvalue weighted by Crippen LogP contribution is -2.37. The molecule has 0 saturated carbocycles. The average Bonchev–Trinajstić information content (AvgIpc) is 2.83. The molecule has 2 heterocycles. The molecule has 108 valence electrons. The molecule has 0 atom stereocenters. The summed E-state index contributed by atoms with van der Waals surface area (Å²) >= 11 is 0. The molecule has 0 bridgehead atoms. The lowest BCUT2D eigenvalue weighted by atomic mass is 10.2. The van der Waals surface area contributed by atoms with Crippen LogP contribution in [0.3, 0.4) is 0 Å². The number of nitrogens with two attached hydrogens (primary N) is 1. The molecule has 2 aromatic heterocycles. The quantitative estimate of drug-likeness (QED) is 0.716. The molecule has 1 amide bonds. The molecule has 20 heavy (non-hydrogen) atoms. The molecular weight excluding hydrogens is 258 g/mol. The van der Waals surface area contributed by atoms with Crippen LogP contribution in [0.4, 0.5) is 11.8 Å². The number of likely N-dealkylation sites (N-methyl/N-ethyl adjacent to an activating group) is 1. The van der Waals surface area contributed by atoms with Crippen molar-refractivity contribution < 1.29 is 4.79 Å². The predicted octanol–water partition coefficient (Wildman–Crippen LogP) is 0.144. The smallest absolute Gasteiger partial charge is 0.239 e. The summed E-state index contributed by atoms with van der Waals surface area (Å²) in [5.74, 6) is 1.04. The highest BCUT2D eigenvalue weighted by Crippen LogP contribution is 2.20. The van der Waals surface area contributed by atoms with Gasteiger partial charge in [-0.15, -0.1) is 0 Å². The highest BCUT2D eigenvalue weighted by atomic mass is 16.2. The second-order valence-corrected chi connectivity index (χ2v) is 5.06. The standard InChI is InChI=1S/C12H19N7O/c1-7(2)4-14-8(20)5-19(3)11-9-10(16-6-15-9)17-12(13)18-11/h6-7H,4-5H2,1-3H3,(H,14,20)(H3,13,15,16,17,18). The summed E-state index contributed by atoms with van der Waals surface area (Å²) in [4.78, 5) is 28.7. The van der Waals surface area contributed by atoms with E-state index in [-0.39, 0.29) is 18.4 Å². The number of rotatable bonds is 5. The van der Waals surface area contributed by atoms with E-state index in [1.54, 1.807) is 11.9 Å². The van der Waals surface area contributed by atoms with Crippen LogP contribution in [0.2, 0.25) is 0 Å².